The van der Waals surface area contributed by atoms with Gasteiger partial charge in [0.15, 0.2) is 5.65 Å². The van der Waals surface area contributed by atoms with E-state index in [0.717, 1.165) is 48.5 Å². The van der Waals surface area contributed by atoms with Crippen molar-refractivity contribution in [2.75, 3.05) is 29.9 Å². The zero-order valence-electron chi connectivity index (χ0n) is 16.5. The summed E-state index contributed by atoms with van der Waals surface area (Å²) in [5, 5.41) is 7.43. The van der Waals surface area contributed by atoms with Gasteiger partial charge in [0.1, 0.15) is 23.0 Å². The minimum atomic E-state index is -2.47. The van der Waals surface area contributed by atoms with E-state index in [2.05, 4.69) is 20.3 Å². The predicted octanol–water partition coefficient (Wildman–Crippen LogP) is 3.93. The van der Waals surface area contributed by atoms with Gasteiger partial charge in [-0.1, -0.05) is 12.1 Å². The summed E-state index contributed by atoms with van der Waals surface area (Å²) in [5.41, 5.74) is 4.19. The molecule has 0 unspecified atom stereocenters. The van der Waals surface area contributed by atoms with Crippen LogP contribution in [-0.4, -0.2) is 50.6 Å². The van der Waals surface area contributed by atoms with Gasteiger partial charge < -0.3 is 10.2 Å². The molecule has 0 bridgehead atoms. The lowest BCUT2D eigenvalue weighted by atomic mass is 10.2. The molecule has 0 aliphatic carbocycles. The lowest BCUT2D eigenvalue weighted by Gasteiger charge is -2.18. The van der Waals surface area contributed by atoms with Crippen LogP contribution in [-0.2, 0) is 0 Å². The number of halogens is 2. The SMILES string of the molecule is Cc1nc2ccccc2nc1-c1cc2nc(N3CCCC3)cc(NCC(F)F)n2n1. The highest BCUT2D eigenvalue weighted by Crippen LogP contribution is 2.27. The maximum absolute atomic E-state index is 12.9. The lowest BCUT2D eigenvalue weighted by Crippen LogP contribution is -2.21. The van der Waals surface area contributed by atoms with Gasteiger partial charge in [-0.3, -0.25) is 0 Å². The molecule has 1 N–H and O–H groups in total. The highest BCUT2D eigenvalue weighted by Gasteiger charge is 2.19. The molecule has 1 aromatic carbocycles. The molecule has 0 atom stereocenters. The van der Waals surface area contributed by atoms with Crippen LogP contribution < -0.4 is 10.2 Å². The van der Waals surface area contributed by atoms with Crippen LogP contribution in [0.2, 0.25) is 0 Å². The fourth-order valence-corrected chi connectivity index (χ4v) is 3.82. The number of benzene rings is 1. The van der Waals surface area contributed by atoms with E-state index in [-0.39, 0.29) is 0 Å². The van der Waals surface area contributed by atoms with Crippen LogP contribution in [0.15, 0.2) is 36.4 Å². The van der Waals surface area contributed by atoms with Crippen molar-refractivity contribution in [3.63, 3.8) is 0 Å². The smallest absolute Gasteiger partial charge is 0.255 e. The molecule has 154 valence electrons. The monoisotopic (exact) mass is 409 g/mol. The Bertz CT molecular complexity index is 1210. The van der Waals surface area contributed by atoms with E-state index in [9.17, 15) is 8.78 Å². The maximum Gasteiger partial charge on any atom is 0.255 e. The Balaban J connectivity index is 1.63. The Labute approximate surface area is 171 Å². The summed E-state index contributed by atoms with van der Waals surface area (Å²) in [6, 6.07) is 11.3. The molecule has 0 spiro atoms. The van der Waals surface area contributed by atoms with E-state index >= 15 is 0 Å². The van der Waals surface area contributed by atoms with E-state index in [1.54, 1.807) is 10.6 Å². The zero-order chi connectivity index (χ0) is 20.7. The summed E-state index contributed by atoms with van der Waals surface area (Å²) in [6.45, 7) is 3.25. The van der Waals surface area contributed by atoms with Gasteiger partial charge in [0, 0.05) is 25.2 Å². The number of para-hydroxylation sites is 2. The Morgan fingerprint density at radius 1 is 1.03 bits per heavy atom. The fourth-order valence-electron chi connectivity index (χ4n) is 3.82. The molecule has 9 heteroatoms. The van der Waals surface area contributed by atoms with Crippen molar-refractivity contribution >= 4 is 28.3 Å². The van der Waals surface area contributed by atoms with Gasteiger partial charge in [0.25, 0.3) is 6.43 Å². The standard InChI is InChI=1S/C21H21F2N7/c1-13-21(26-15-7-3-2-6-14(15)25-13)16-10-20-27-19(29-8-4-5-9-29)11-18(30(20)28-16)24-12-17(22)23/h2-3,6-7,10-11,17,24H,4-5,8-9,12H2,1H3. The topological polar surface area (TPSA) is 71.2 Å². The second kappa shape index (κ2) is 7.47. The second-order valence-corrected chi connectivity index (χ2v) is 7.41. The quantitative estimate of drug-likeness (QED) is 0.539. The predicted molar refractivity (Wildman–Crippen MR) is 112 cm³/mol. The molecule has 0 amide bonds. The summed E-state index contributed by atoms with van der Waals surface area (Å²) in [7, 11) is 0. The molecule has 1 aliphatic rings. The molecule has 7 nitrogen and oxygen atoms in total. The van der Waals surface area contributed by atoms with Crippen LogP contribution in [0, 0.1) is 6.92 Å². The number of hydrogen-bond acceptors (Lipinski definition) is 6. The number of aryl methyl sites for hydroxylation is 1. The van der Waals surface area contributed by atoms with Crippen LogP contribution in [0.5, 0.6) is 0 Å². The van der Waals surface area contributed by atoms with Gasteiger partial charge in [0.2, 0.25) is 0 Å². The Morgan fingerprint density at radius 3 is 2.50 bits per heavy atom. The van der Waals surface area contributed by atoms with E-state index in [0.29, 0.717) is 22.9 Å². The molecule has 3 aromatic heterocycles. The molecule has 1 aliphatic heterocycles. The average molecular weight is 409 g/mol. The molecular formula is C21H21F2N7. The van der Waals surface area contributed by atoms with Gasteiger partial charge in [-0.15, -0.1) is 0 Å². The molecule has 1 saturated heterocycles. The first-order chi connectivity index (χ1) is 14.6. The minimum absolute atomic E-state index is 0.456. The number of rotatable bonds is 5. The molecule has 0 radical (unpaired) electrons. The van der Waals surface area contributed by atoms with Crippen LogP contribution in [0.1, 0.15) is 18.5 Å². The summed E-state index contributed by atoms with van der Waals surface area (Å²) in [6.07, 6.45) is -0.265. The van der Waals surface area contributed by atoms with Gasteiger partial charge in [-0.05, 0) is 31.9 Å². The van der Waals surface area contributed by atoms with Crippen molar-refractivity contribution in [3.05, 3.63) is 42.1 Å². The number of nitrogens with one attached hydrogen (secondary N) is 1. The maximum atomic E-state index is 12.9. The van der Waals surface area contributed by atoms with Gasteiger partial charge in [-0.2, -0.15) is 9.61 Å². The summed E-state index contributed by atoms with van der Waals surface area (Å²) in [5.74, 6) is 1.25. The molecule has 0 saturated carbocycles. The first-order valence-corrected chi connectivity index (χ1v) is 10.00. The summed E-state index contributed by atoms with van der Waals surface area (Å²) >= 11 is 0. The van der Waals surface area contributed by atoms with Crippen molar-refractivity contribution < 1.29 is 8.78 Å². The Kier molecular flexibility index (Phi) is 4.65. The normalized spacial score (nSPS) is 14.3. The van der Waals surface area contributed by atoms with Gasteiger partial charge in [0.05, 0.1) is 23.3 Å². The summed E-state index contributed by atoms with van der Waals surface area (Å²) in [4.78, 5) is 16.3. The number of alkyl halides is 2. The fraction of sp³-hybridized carbons (Fsp3) is 0.333. The number of anilines is 2. The average Bonchev–Trinajstić information content (AvgIpc) is 3.41. The van der Waals surface area contributed by atoms with Crippen LogP contribution >= 0.6 is 0 Å². The number of fused-ring (bicyclic) bond motifs is 2. The van der Waals surface area contributed by atoms with E-state index in [1.165, 1.54) is 0 Å². The first-order valence-electron chi connectivity index (χ1n) is 10.00. The number of hydrogen-bond donors (Lipinski definition) is 1. The highest BCUT2D eigenvalue weighted by atomic mass is 19.3. The molecule has 4 heterocycles. The van der Waals surface area contributed by atoms with Crippen molar-refractivity contribution in [2.24, 2.45) is 0 Å². The zero-order valence-corrected chi connectivity index (χ0v) is 16.5. The van der Waals surface area contributed by atoms with Crippen molar-refractivity contribution in [1.82, 2.24) is 24.6 Å². The summed E-state index contributed by atoms with van der Waals surface area (Å²) < 4.78 is 27.3. The van der Waals surface area contributed by atoms with Crippen molar-refractivity contribution in [3.8, 4) is 11.4 Å². The van der Waals surface area contributed by atoms with E-state index in [1.807, 2.05) is 37.3 Å². The third-order valence-corrected chi connectivity index (χ3v) is 5.27. The van der Waals surface area contributed by atoms with Crippen LogP contribution in [0.4, 0.5) is 20.4 Å². The largest absolute Gasteiger partial charge is 0.364 e. The molecule has 5 rings (SSSR count). The van der Waals surface area contributed by atoms with Crippen molar-refractivity contribution in [1.29, 1.82) is 0 Å². The molecule has 1 fully saturated rings. The van der Waals surface area contributed by atoms with E-state index in [4.69, 9.17) is 9.97 Å². The Hall–Kier alpha value is -3.36. The number of aromatic nitrogens is 5. The third kappa shape index (κ3) is 3.40. The molecule has 30 heavy (non-hydrogen) atoms. The third-order valence-electron chi connectivity index (χ3n) is 5.27. The van der Waals surface area contributed by atoms with Crippen molar-refractivity contribution in [2.45, 2.75) is 26.2 Å². The molecule has 4 aromatic rings. The minimum Gasteiger partial charge on any atom is -0.364 e. The van der Waals surface area contributed by atoms with Crippen LogP contribution in [0.25, 0.3) is 28.1 Å². The Morgan fingerprint density at radius 2 is 1.77 bits per heavy atom. The van der Waals surface area contributed by atoms with Crippen LogP contribution in [0.3, 0.4) is 0 Å². The number of nitrogens with zero attached hydrogens (tertiary/aromatic N) is 6. The first kappa shape index (κ1) is 18.7. The lowest BCUT2D eigenvalue weighted by molar-refractivity contribution is 0.163. The molecular weight excluding hydrogens is 388 g/mol. The second-order valence-electron chi connectivity index (χ2n) is 7.41. The van der Waals surface area contributed by atoms with Gasteiger partial charge in [-0.25, -0.2) is 23.7 Å². The van der Waals surface area contributed by atoms with E-state index < -0.39 is 13.0 Å². The highest BCUT2D eigenvalue weighted by molar-refractivity contribution is 5.78. The van der Waals surface area contributed by atoms with Gasteiger partial charge >= 0.3 is 0 Å².